The predicted molar refractivity (Wildman–Crippen MR) is 110 cm³/mol. The first-order valence-electron chi connectivity index (χ1n) is 8.45. The third kappa shape index (κ3) is 4.66. The van der Waals surface area contributed by atoms with Gasteiger partial charge in [0.05, 0.1) is 17.7 Å². The number of carbonyl (C=O) groups excluding carboxylic acids is 2. The van der Waals surface area contributed by atoms with Gasteiger partial charge >= 0.3 is 0 Å². The number of hydrogen-bond acceptors (Lipinski definition) is 5. The summed E-state index contributed by atoms with van der Waals surface area (Å²) in [6.45, 7) is 1.48. The molecule has 2 aromatic carbocycles. The molecule has 28 heavy (non-hydrogen) atoms. The molecular formula is C21H18ClN3O3. The minimum absolute atomic E-state index is 0.0631. The number of nitrogens with one attached hydrogen (secondary N) is 2. The maximum Gasteiger partial charge on any atom is 0.257 e. The lowest BCUT2D eigenvalue weighted by Crippen LogP contribution is -2.12. The Labute approximate surface area is 167 Å². The molecule has 1 heterocycles. The molecule has 0 saturated carbocycles. The topological polar surface area (TPSA) is 80.3 Å². The van der Waals surface area contributed by atoms with Crippen molar-refractivity contribution in [1.29, 1.82) is 0 Å². The fraction of sp³-hybridized carbons (Fsp3) is 0.0952. The van der Waals surface area contributed by atoms with E-state index < -0.39 is 0 Å². The number of ketones is 1. The SMILES string of the molecule is COc1ccc(Nc2ccc(C(=O)Nc3cccc(C(C)=O)c3)cn2)cc1Cl. The lowest BCUT2D eigenvalue weighted by Gasteiger charge is -2.09. The van der Waals surface area contributed by atoms with Crippen LogP contribution in [0.1, 0.15) is 27.6 Å². The van der Waals surface area contributed by atoms with Crippen LogP contribution >= 0.6 is 11.6 Å². The molecular weight excluding hydrogens is 378 g/mol. The highest BCUT2D eigenvalue weighted by molar-refractivity contribution is 6.32. The molecule has 1 amide bonds. The molecule has 3 aromatic rings. The van der Waals surface area contributed by atoms with E-state index in [0.29, 0.717) is 33.4 Å². The van der Waals surface area contributed by atoms with E-state index in [4.69, 9.17) is 16.3 Å². The fourth-order valence-electron chi connectivity index (χ4n) is 2.51. The van der Waals surface area contributed by atoms with E-state index in [1.807, 2.05) is 6.07 Å². The zero-order valence-corrected chi connectivity index (χ0v) is 16.1. The van der Waals surface area contributed by atoms with Gasteiger partial charge < -0.3 is 15.4 Å². The molecule has 0 spiro atoms. The molecule has 1 aromatic heterocycles. The van der Waals surface area contributed by atoms with E-state index in [-0.39, 0.29) is 11.7 Å². The Hall–Kier alpha value is -3.38. The summed E-state index contributed by atoms with van der Waals surface area (Å²) in [7, 11) is 1.55. The Kier molecular flexibility index (Phi) is 5.91. The molecule has 6 nitrogen and oxygen atoms in total. The van der Waals surface area contributed by atoms with E-state index in [1.54, 1.807) is 55.6 Å². The smallest absolute Gasteiger partial charge is 0.257 e. The normalized spacial score (nSPS) is 10.2. The van der Waals surface area contributed by atoms with Gasteiger partial charge in [0.2, 0.25) is 0 Å². The van der Waals surface area contributed by atoms with E-state index >= 15 is 0 Å². The van der Waals surface area contributed by atoms with Crippen molar-refractivity contribution in [2.24, 2.45) is 0 Å². The van der Waals surface area contributed by atoms with Crippen LogP contribution < -0.4 is 15.4 Å². The van der Waals surface area contributed by atoms with E-state index in [2.05, 4.69) is 15.6 Å². The largest absolute Gasteiger partial charge is 0.495 e. The number of amides is 1. The fourth-order valence-corrected chi connectivity index (χ4v) is 2.77. The molecule has 0 saturated heterocycles. The van der Waals surface area contributed by atoms with Crippen LogP contribution in [0.15, 0.2) is 60.8 Å². The van der Waals surface area contributed by atoms with Crippen LogP contribution in [-0.4, -0.2) is 23.8 Å². The molecule has 0 fully saturated rings. The van der Waals surface area contributed by atoms with Gasteiger partial charge in [-0.3, -0.25) is 9.59 Å². The third-order valence-electron chi connectivity index (χ3n) is 3.98. The molecule has 0 radical (unpaired) electrons. The number of methoxy groups -OCH3 is 1. The van der Waals surface area contributed by atoms with Gasteiger partial charge in [-0.15, -0.1) is 0 Å². The molecule has 0 aliphatic carbocycles. The number of nitrogens with zero attached hydrogens (tertiary/aromatic N) is 1. The number of aromatic nitrogens is 1. The van der Waals surface area contributed by atoms with Crippen LogP contribution in [0, 0.1) is 0 Å². The predicted octanol–water partition coefficient (Wildman–Crippen LogP) is 4.94. The van der Waals surface area contributed by atoms with Crippen molar-refractivity contribution in [3.8, 4) is 5.75 Å². The number of benzene rings is 2. The lowest BCUT2D eigenvalue weighted by molar-refractivity contribution is 0.101. The van der Waals surface area contributed by atoms with Gasteiger partial charge in [-0.05, 0) is 49.4 Å². The van der Waals surface area contributed by atoms with E-state index in [1.165, 1.54) is 13.1 Å². The summed E-state index contributed by atoms with van der Waals surface area (Å²) >= 11 is 6.11. The molecule has 0 aliphatic heterocycles. The van der Waals surface area contributed by atoms with Crippen molar-refractivity contribution < 1.29 is 14.3 Å². The van der Waals surface area contributed by atoms with Gasteiger partial charge in [0.15, 0.2) is 5.78 Å². The second kappa shape index (κ2) is 8.54. The molecule has 0 aliphatic rings. The monoisotopic (exact) mass is 395 g/mol. The summed E-state index contributed by atoms with van der Waals surface area (Å²) in [6.07, 6.45) is 1.47. The maximum atomic E-state index is 12.4. The van der Waals surface area contributed by atoms with Crippen molar-refractivity contribution in [2.45, 2.75) is 6.92 Å². The van der Waals surface area contributed by atoms with Gasteiger partial charge in [0, 0.05) is 23.1 Å². The first-order chi connectivity index (χ1) is 13.5. The minimum Gasteiger partial charge on any atom is -0.495 e. The molecule has 0 unspecified atom stereocenters. The van der Waals surface area contributed by atoms with Crippen molar-refractivity contribution >= 4 is 40.5 Å². The summed E-state index contributed by atoms with van der Waals surface area (Å²) < 4.78 is 5.12. The Morgan fingerprint density at radius 3 is 2.46 bits per heavy atom. The lowest BCUT2D eigenvalue weighted by atomic mass is 10.1. The number of carbonyl (C=O) groups is 2. The summed E-state index contributed by atoms with van der Waals surface area (Å²) in [5.74, 6) is 0.775. The van der Waals surface area contributed by atoms with E-state index in [0.717, 1.165) is 5.69 Å². The number of rotatable bonds is 6. The van der Waals surface area contributed by atoms with Gasteiger partial charge in [0.25, 0.3) is 5.91 Å². The average molecular weight is 396 g/mol. The molecule has 142 valence electrons. The van der Waals surface area contributed by atoms with Crippen LogP contribution in [-0.2, 0) is 0 Å². The van der Waals surface area contributed by atoms with Crippen molar-refractivity contribution in [2.75, 3.05) is 17.7 Å². The van der Waals surface area contributed by atoms with Gasteiger partial charge in [-0.25, -0.2) is 4.98 Å². The first kappa shape index (κ1) is 19.4. The van der Waals surface area contributed by atoms with Crippen molar-refractivity contribution in [1.82, 2.24) is 4.98 Å². The number of Topliss-reactive ketones (excluding diaryl/α,β-unsaturated/α-hetero) is 1. The first-order valence-corrected chi connectivity index (χ1v) is 8.83. The highest BCUT2D eigenvalue weighted by atomic mass is 35.5. The number of ether oxygens (including phenoxy) is 1. The molecule has 0 atom stereocenters. The molecule has 3 rings (SSSR count). The van der Waals surface area contributed by atoms with Crippen molar-refractivity contribution in [3.63, 3.8) is 0 Å². The number of anilines is 3. The quantitative estimate of drug-likeness (QED) is 0.577. The number of pyridine rings is 1. The summed E-state index contributed by atoms with van der Waals surface area (Å²) in [5.41, 5.74) is 2.23. The second-order valence-electron chi connectivity index (χ2n) is 6.00. The molecule has 0 bridgehead atoms. The summed E-state index contributed by atoms with van der Waals surface area (Å²) in [5, 5.41) is 6.35. The molecule has 2 N–H and O–H groups in total. The Morgan fingerprint density at radius 2 is 1.82 bits per heavy atom. The minimum atomic E-state index is -0.313. The summed E-state index contributed by atoms with van der Waals surface area (Å²) in [6, 6.07) is 15.4. The zero-order chi connectivity index (χ0) is 20.1. The number of halogens is 1. The van der Waals surface area contributed by atoms with Crippen LogP contribution in [0.5, 0.6) is 5.75 Å². The average Bonchev–Trinajstić information content (AvgIpc) is 2.69. The standard InChI is InChI=1S/C21H18ClN3O3/c1-13(26)14-4-3-5-16(10-14)25-21(27)15-6-9-20(23-12-15)24-17-7-8-19(28-2)18(22)11-17/h3-12H,1-2H3,(H,23,24)(H,25,27). The van der Waals surface area contributed by atoms with Crippen LogP contribution in [0.2, 0.25) is 5.02 Å². The van der Waals surface area contributed by atoms with Crippen LogP contribution in [0.3, 0.4) is 0 Å². The summed E-state index contributed by atoms with van der Waals surface area (Å²) in [4.78, 5) is 28.1. The molecule has 7 heteroatoms. The Balaban J connectivity index is 1.68. The highest BCUT2D eigenvalue weighted by Gasteiger charge is 2.09. The second-order valence-corrected chi connectivity index (χ2v) is 6.40. The zero-order valence-electron chi connectivity index (χ0n) is 15.3. The van der Waals surface area contributed by atoms with Gasteiger partial charge in [-0.2, -0.15) is 0 Å². The third-order valence-corrected chi connectivity index (χ3v) is 4.27. The van der Waals surface area contributed by atoms with E-state index in [9.17, 15) is 9.59 Å². The van der Waals surface area contributed by atoms with Crippen LogP contribution in [0.25, 0.3) is 0 Å². The highest BCUT2D eigenvalue weighted by Crippen LogP contribution is 2.28. The maximum absolute atomic E-state index is 12.4. The van der Waals surface area contributed by atoms with Gasteiger partial charge in [0.1, 0.15) is 11.6 Å². The van der Waals surface area contributed by atoms with Crippen molar-refractivity contribution in [3.05, 3.63) is 76.9 Å². The van der Waals surface area contributed by atoms with Gasteiger partial charge in [-0.1, -0.05) is 23.7 Å². The Bertz CT molecular complexity index is 1020. The van der Waals surface area contributed by atoms with Crippen LogP contribution in [0.4, 0.5) is 17.2 Å². The number of hydrogen-bond donors (Lipinski definition) is 2. The Morgan fingerprint density at radius 1 is 1.00 bits per heavy atom.